The van der Waals surface area contributed by atoms with E-state index in [9.17, 15) is 26.4 Å². The summed E-state index contributed by atoms with van der Waals surface area (Å²) in [6, 6.07) is 25.8. The van der Waals surface area contributed by atoms with Gasteiger partial charge in [0.25, 0.3) is 0 Å². The zero-order valence-electron chi connectivity index (χ0n) is 22.6. The van der Waals surface area contributed by atoms with Crippen LogP contribution in [0, 0.1) is 0 Å². The Bertz CT molecular complexity index is 1830. The van der Waals surface area contributed by atoms with E-state index in [2.05, 4.69) is 10.6 Å². The van der Waals surface area contributed by atoms with Crippen LogP contribution in [-0.4, -0.2) is 29.0 Å². The van der Waals surface area contributed by atoms with E-state index in [-0.39, 0.29) is 44.4 Å². The van der Waals surface area contributed by atoms with Crippen LogP contribution in [0.4, 0.5) is 21.0 Å². The molecule has 0 aliphatic heterocycles. The molecule has 0 aromatic heterocycles. The van der Waals surface area contributed by atoms with E-state index in [4.69, 9.17) is 43.0 Å². The molecule has 0 spiro atoms. The van der Waals surface area contributed by atoms with Crippen LogP contribution in [0.5, 0.6) is 0 Å². The monoisotopic (exact) mass is 680 g/mol. The molecule has 4 aromatic carbocycles. The van der Waals surface area contributed by atoms with Crippen LogP contribution in [0.1, 0.15) is 11.1 Å². The Labute approximate surface area is 264 Å². The molecule has 0 aliphatic rings. The molecule has 0 atom stereocenters. The second-order valence-electron chi connectivity index (χ2n) is 8.75. The van der Waals surface area contributed by atoms with Gasteiger partial charge in [0.2, 0.25) is 20.0 Å². The lowest BCUT2D eigenvalue weighted by Crippen LogP contribution is -2.16. The minimum Gasteiger partial charge on any atom is -0.444 e. The van der Waals surface area contributed by atoms with Crippen molar-refractivity contribution in [1.29, 1.82) is 0 Å². The maximum atomic E-state index is 11.7. The number of rotatable bonds is 8. The summed E-state index contributed by atoms with van der Waals surface area (Å²) in [5, 5.41) is 15.0. The van der Waals surface area contributed by atoms with Gasteiger partial charge in [-0.1, -0.05) is 83.9 Å². The van der Waals surface area contributed by atoms with Gasteiger partial charge in [-0.25, -0.2) is 36.7 Å². The Kier molecular flexibility index (Phi) is 12.1. The van der Waals surface area contributed by atoms with Crippen LogP contribution in [0.25, 0.3) is 0 Å². The average molecular weight is 682 g/mol. The lowest BCUT2D eigenvalue weighted by molar-refractivity contribution is 0.154. The second-order valence-corrected chi connectivity index (χ2v) is 12.7. The number of amides is 2. The summed E-state index contributed by atoms with van der Waals surface area (Å²) in [6.45, 7) is 0.193. The van der Waals surface area contributed by atoms with E-state index in [1.807, 2.05) is 60.7 Å². The van der Waals surface area contributed by atoms with Gasteiger partial charge in [-0.2, -0.15) is 0 Å². The lowest BCUT2D eigenvalue weighted by atomic mass is 10.2. The first kappa shape index (κ1) is 34.3. The molecule has 0 aliphatic carbocycles. The topological polar surface area (TPSA) is 197 Å². The Morgan fingerprint density at radius 3 is 1.48 bits per heavy atom. The molecule has 44 heavy (non-hydrogen) atoms. The number of sulfonamides is 2. The zero-order valence-corrected chi connectivity index (χ0v) is 25.8. The number of benzene rings is 4. The van der Waals surface area contributed by atoms with Crippen molar-refractivity contribution in [3.8, 4) is 0 Å². The standard InChI is InChI=1S/2C14H13ClN2O4S/c15-12-8-11(22(16,19)20)6-7-13(12)17-14(18)21-9-10-4-2-1-3-5-10;15-12-7-6-11(22(16,19)20)8-13(12)17-14(18)21-9-10-4-2-1-3-5-10/h2*1-8H,9H2,(H,17,18)(H2,16,19,20). The van der Waals surface area contributed by atoms with Crippen LogP contribution in [0.15, 0.2) is 107 Å². The van der Waals surface area contributed by atoms with E-state index >= 15 is 0 Å². The number of primary sulfonamides is 2. The molecule has 0 unspecified atom stereocenters. The highest BCUT2D eigenvalue weighted by Gasteiger charge is 2.14. The van der Waals surface area contributed by atoms with Crippen molar-refractivity contribution < 1.29 is 35.9 Å². The number of nitrogens with one attached hydrogen (secondary N) is 2. The summed E-state index contributed by atoms with van der Waals surface area (Å²) in [6.07, 6.45) is -1.45. The van der Waals surface area contributed by atoms with Crippen molar-refractivity contribution in [2.45, 2.75) is 23.0 Å². The quantitative estimate of drug-likeness (QED) is 0.188. The van der Waals surface area contributed by atoms with E-state index in [1.54, 1.807) is 0 Å². The molecule has 0 bridgehead atoms. The highest BCUT2D eigenvalue weighted by Crippen LogP contribution is 2.26. The summed E-state index contributed by atoms with van der Waals surface area (Å²) in [7, 11) is -7.73. The van der Waals surface area contributed by atoms with Crippen LogP contribution in [0.3, 0.4) is 0 Å². The van der Waals surface area contributed by atoms with Gasteiger partial charge >= 0.3 is 12.2 Å². The molecule has 232 valence electrons. The summed E-state index contributed by atoms with van der Waals surface area (Å²) >= 11 is 11.8. The van der Waals surface area contributed by atoms with E-state index in [1.165, 1.54) is 30.3 Å². The molecule has 0 heterocycles. The number of nitrogens with two attached hydrogens (primary N) is 2. The van der Waals surface area contributed by atoms with Crippen molar-refractivity contribution in [2.75, 3.05) is 10.6 Å². The molecule has 16 heteroatoms. The van der Waals surface area contributed by atoms with Crippen molar-refractivity contribution in [3.05, 3.63) is 118 Å². The molecular formula is C28H26Cl2N4O8S2. The molecule has 0 radical (unpaired) electrons. The van der Waals surface area contributed by atoms with E-state index < -0.39 is 32.2 Å². The van der Waals surface area contributed by atoms with Gasteiger partial charge in [0.05, 0.1) is 31.2 Å². The lowest BCUT2D eigenvalue weighted by Gasteiger charge is -2.09. The number of hydrogen-bond acceptors (Lipinski definition) is 8. The number of carbonyl (C=O) groups is 2. The molecule has 0 saturated heterocycles. The molecule has 4 aromatic rings. The molecule has 6 N–H and O–H groups in total. The van der Waals surface area contributed by atoms with Gasteiger partial charge in [-0.05, 0) is 47.5 Å². The van der Waals surface area contributed by atoms with Gasteiger partial charge in [-0.15, -0.1) is 0 Å². The fraction of sp³-hybridized carbons (Fsp3) is 0.0714. The van der Waals surface area contributed by atoms with Crippen molar-refractivity contribution in [1.82, 2.24) is 0 Å². The fourth-order valence-corrected chi connectivity index (χ4v) is 4.83. The predicted octanol–water partition coefficient (Wildman–Crippen LogP) is 5.47. The van der Waals surface area contributed by atoms with Crippen LogP contribution in [0.2, 0.25) is 10.0 Å². The van der Waals surface area contributed by atoms with Crippen molar-refractivity contribution in [3.63, 3.8) is 0 Å². The first-order chi connectivity index (χ1) is 20.7. The van der Waals surface area contributed by atoms with Gasteiger partial charge in [-0.3, -0.25) is 10.6 Å². The van der Waals surface area contributed by atoms with Crippen molar-refractivity contribution in [2.24, 2.45) is 10.3 Å². The predicted molar refractivity (Wildman–Crippen MR) is 166 cm³/mol. The summed E-state index contributed by atoms with van der Waals surface area (Å²) in [4.78, 5) is 23.1. The number of anilines is 2. The fourth-order valence-electron chi connectivity index (χ4n) is 3.29. The first-order valence-electron chi connectivity index (χ1n) is 12.3. The number of hydrogen-bond donors (Lipinski definition) is 4. The van der Waals surface area contributed by atoms with Gasteiger partial charge in [0.1, 0.15) is 13.2 Å². The molecule has 0 saturated carbocycles. The van der Waals surface area contributed by atoms with Crippen molar-refractivity contribution >= 4 is 66.8 Å². The highest BCUT2D eigenvalue weighted by atomic mass is 35.5. The molecular weight excluding hydrogens is 655 g/mol. The smallest absolute Gasteiger partial charge is 0.412 e. The third kappa shape index (κ3) is 11.1. The normalized spacial score (nSPS) is 11.0. The molecule has 0 fully saturated rings. The maximum absolute atomic E-state index is 11.7. The largest absolute Gasteiger partial charge is 0.444 e. The Morgan fingerprint density at radius 2 is 1.02 bits per heavy atom. The zero-order chi connectivity index (χ0) is 32.3. The minimum absolute atomic E-state index is 0.0446. The maximum Gasteiger partial charge on any atom is 0.412 e. The average Bonchev–Trinajstić information content (AvgIpc) is 2.97. The van der Waals surface area contributed by atoms with Gasteiger partial charge in [0.15, 0.2) is 0 Å². The Balaban J connectivity index is 0.000000240. The van der Waals surface area contributed by atoms with Gasteiger partial charge < -0.3 is 9.47 Å². The van der Waals surface area contributed by atoms with E-state index in [0.29, 0.717) is 0 Å². The molecule has 2 amide bonds. The first-order valence-corrected chi connectivity index (χ1v) is 16.2. The van der Waals surface area contributed by atoms with Crippen LogP contribution in [-0.2, 0) is 42.7 Å². The third-order valence-electron chi connectivity index (χ3n) is 5.43. The van der Waals surface area contributed by atoms with Gasteiger partial charge in [0, 0.05) is 0 Å². The molecule has 4 rings (SSSR count). The Hall–Kier alpha value is -4.18. The SMILES string of the molecule is NS(=O)(=O)c1ccc(Cl)c(NC(=O)OCc2ccccc2)c1.NS(=O)(=O)c1ccc(NC(=O)OCc2ccccc2)c(Cl)c1. The highest BCUT2D eigenvalue weighted by molar-refractivity contribution is 7.89. The number of carbonyl (C=O) groups excluding carboxylic acids is 2. The molecule has 12 nitrogen and oxygen atoms in total. The summed E-state index contributed by atoms with van der Waals surface area (Å²) in [5.74, 6) is 0. The summed E-state index contributed by atoms with van der Waals surface area (Å²) in [5.41, 5.74) is 1.99. The summed E-state index contributed by atoms with van der Waals surface area (Å²) < 4.78 is 55.0. The number of halogens is 2. The minimum atomic E-state index is -3.88. The second kappa shape index (κ2) is 15.5. The Morgan fingerprint density at radius 1 is 0.591 bits per heavy atom. The van der Waals surface area contributed by atoms with Crippen LogP contribution < -0.4 is 20.9 Å². The van der Waals surface area contributed by atoms with E-state index in [0.717, 1.165) is 17.2 Å². The third-order valence-corrected chi connectivity index (χ3v) is 7.90. The van der Waals surface area contributed by atoms with Crippen LogP contribution >= 0.6 is 23.2 Å². The number of ether oxygens (including phenoxy) is 2.